The molecule has 0 aliphatic carbocycles. The summed E-state index contributed by atoms with van der Waals surface area (Å²) >= 11 is 0. The lowest BCUT2D eigenvalue weighted by Crippen LogP contribution is -2.19. The van der Waals surface area contributed by atoms with Crippen LogP contribution in [-0.4, -0.2) is 27.4 Å². The maximum atomic E-state index is 12.5. The molecule has 5 heteroatoms. The molecule has 0 unspecified atom stereocenters. The molecule has 0 aliphatic heterocycles. The van der Waals surface area contributed by atoms with Crippen molar-refractivity contribution in [2.75, 3.05) is 6.61 Å². The van der Waals surface area contributed by atoms with Crippen LogP contribution >= 0.6 is 0 Å². The fraction of sp³-hybridized carbons (Fsp3) is 0.111. The number of fused-ring (bicyclic) bond motifs is 1. The molecule has 0 bridgehead atoms. The highest BCUT2D eigenvalue weighted by molar-refractivity contribution is 5.94. The van der Waals surface area contributed by atoms with E-state index in [9.17, 15) is 14.7 Å². The van der Waals surface area contributed by atoms with Crippen molar-refractivity contribution in [1.82, 2.24) is 4.57 Å². The van der Waals surface area contributed by atoms with E-state index in [1.807, 2.05) is 36.4 Å². The third-order valence-corrected chi connectivity index (χ3v) is 3.76. The summed E-state index contributed by atoms with van der Waals surface area (Å²) in [5, 5.41) is 18.7. The summed E-state index contributed by atoms with van der Waals surface area (Å²) in [5.41, 5.74) is 1.58. The summed E-state index contributed by atoms with van der Waals surface area (Å²) in [4.78, 5) is 23.8. The number of carboxylic acids is 1. The molecule has 0 spiro atoms. The van der Waals surface area contributed by atoms with E-state index in [-0.39, 0.29) is 18.7 Å². The van der Waals surface area contributed by atoms with Crippen LogP contribution in [0.2, 0.25) is 0 Å². The second-order valence-electron chi connectivity index (χ2n) is 5.19. The van der Waals surface area contributed by atoms with Gasteiger partial charge in [-0.2, -0.15) is 0 Å². The molecular formula is C18H15NO4. The molecular weight excluding hydrogens is 294 g/mol. The Balaban J connectivity index is 2.31. The zero-order valence-corrected chi connectivity index (χ0v) is 12.3. The molecule has 1 heterocycles. The summed E-state index contributed by atoms with van der Waals surface area (Å²) in [6.45, 7) is 0.0825. The molecule has 2 N–H and O–H groups in total. The van der Waals surface area contributed by atoms with Gasteiger partial charge in [0.1, 0.15) is 5.56 Å². The summed E-state index contributed by atoms with van der Waals surface area (Å²) in [6.07, 6.45) is 1.28. The minimum absolute atomic E-state index is 0.141. The molecule has 0 amide bonds. The lowest BCUT2D eigenvalue weighted by atomic mass is 10.0. The Labute approximate surface area is 132 Å². The van der Waals surface area contributed by atoms with Crippen LogP contribution in [0.3, 0.4) is 0 Å². The monoisotopic (exact) mass is 309 g/mol. The fourth-order valence-corrected chi connectivity index (χ4v) is 2.65. The van der Waals surface area contributed by atoms with Crippen molar-refractivity contribution in [3.05, 3.63) is 70.5 Å². The number of aliphatic hydroxyl groups excluding tert-OH is 1. The number of rotatable bonds is 4. The van der Waals surface area contributed by atoms with E-state index in [0.29, 0.717) is 10.9 Å². The molecule has 1 aromatic heterocycles. The summed E-state index contributed by atoms with van der Waals surface area (Å²) < 4.78 is 1.59. The maximum absolute atomic E-state index is 12.5. The van der Waals surface area contributed by atoms with Gasteiger partial charge in [-0.3, -0.25) is 4.79 Å². The maximum Gasteiger partial charge on any atom is 0.341 e. The van der Waals surface area contributed by atoms with Crippen molar-refractivity contribution < 1.29 is 15.0 Å². The van der Waals surface area contributed by atoms with E-state index in [2.05, 4.69) is 0 Å². The number of carbonyl (C=O) groups is 1. The number of aromatic carboxylic acids is 1. The van der Waals surface area contributed by atoms with Crippen LogP contribution in [-0.2, 0) is 6.54 Å². The Bertz CT molecular complexity index is 929. The second kappa shape index (κ2) is 6.06. The first-order valence-corrected chi connectivity index (χ1v) is 7.18. The van der Waals surface area contributed by atoms with Crippen molar-refractivity contribution in [2.45, 2.75) is 6.54 Å². The molecule has 0 fully saturated rings. The smallest absolute Gasteiger partial charge is 0.341 e. The minimum atomic E-state index is -1.27. The van der Waals surface area contributed by atoms with Crippen LogP contribution in [0.1, 0.15) is 10.4 Å². The van der Waals surface area contributed by atoms with Crippen LogP contribution in [0.25, 0.3) is 22.0 Å². The van der Waals surface area contributed by atoms with Crippen molar-refractivity contribution >= 4 is 16.9 Å². The van der Waals surface area contributed by atoms with Crippen LogP contribution in [0, 0.1) is 0 Å². The van der Waals surface area contributed by atoms with Gasteiger partial charge in [-0.25, -0.2) is 4.79 Å². The van der Waals surface area contributed by atoms with E-state index in [4.69, 9.17) is 5.11 Å². The van der Waals surface area contributed by atoms with Crippen LogP contribution in [0.5, 0.6) is 0 Å². The van der Waals surface area contributed by atoms with Gasteiger partial charge in [0.05, 0.1) is 12.1 Å². The molecule has 116 valence electrons. The zero-order valence-electron chi connectivity index (χ0n) is 12.3. The van der Waals surface area contributed by atoms with Gasteiger partial charge in [0.2, 0.25) is 5.43 Å². The predicted molar refractivity (Wildman–Crippen MR) is 87.7 cm³/mol. The lowest BCUT2D eigenvalue weighted by Gasteiger charge is -2.12. The van der Waals surface area contributed by atoms with Crippen molar-refractivity contribution in [3.8, 4) is 11.1 Å². The normalized spacial score (nSPS) is 10.8. The first-order valence-electron chi connectivity index (χ1n) is 7.18. The van der Waals surface area contributed by atoms with Gasteiger partial charge in [-0.05, 0) is 23.3 Å². The molecule has 3 aromatic rings. The first-order chi connectivity index (χ1) is 11.1. The number of nitrogens with zero attached hydrogens (tertiary/aromatic N) is 1. The molecule has 0 saturated heterocycles. The summed E-state index contributed by atoms with van der Waals surface area (Å²) in [5.74, 6) is -1.27. The third kappa shape index (κ3) is 2.74. The number of aliphatic hydroxyl groups is 1. The van der Waals surface area contributed by atoms with Crippen molar-refractivity contribution in [1.29, 1.82) is 0 Å². The summed E-state index contributed by atoms with van der Waals surface area (Å²) in [7, 11) is 0. The topological polar surface area (TPSA) is 79.5 Å². The predicted octanol–water partition coefficient (Wildman–Crippen LogP) is 2.36. The highest BCUT2D eigenvalue weighted by Gasteiger charge is 2.15. The number of hydrogen-bond acceptors (Lipinski definition) is 3. The van der Waals surface area contributed by atoms with Gasteiger partial charge in [0, 0.05) is 18.1 Å². The average molecular weight is 309 g/mol. The number of pyridine rings is 1. The molecule has 5 nitrogen and oxygen atoms in total. The van der Waals surface area contributed by atoms with Gasteiger partial charge in [0.15, 0.2) is 0 Å². The zero-order chi connectivity index (χ0) is 16.4. The van der Waals surface area contributed by atoms with Crippen LogP contribution in [0.4, 0.5) is 0 Å². The minimum Gasteiger partial charge on any atom is -0.477 e. The third-order valence-electron chi connectivity index (χ3n) is 3.76. The molecule has 0 saturated carbocycles. The van der Waals surface area contributed by atoms with E-state index < -0.39 is 11.4 Å². The Morgan fingerprint density at radius 3 is 2.43 bits per heavy atom. The number of benzene rings is 2. The Morgan fingerprint density at radius 2 is 1.78 bits per heavy atom. The van der Waals surface area contributed by atoms with E-state index >= 15 is 0 Å². The largest absolute Gasteiger partial charge is 0.477 e. The quantitative estimate of drug-likeness (QED) is 0.775. The average Bonchev–Trinajstić information content (AvgIpc) is 2.57. The van der Waals surface area contributed by atoms with Crippen molar-refractivity contribution in [3.63, 3.8) is 0 Å². The van der Waals surface area contributed by atoms with E-state index in [1.54, 1.807) is 16.7 Å². The van der Waals surface area contributed by atoms with E-state index in [0.717, 1.165) is 11.1 Å². The SMILES string of the molecule is O=C(O)c1cn(CCO)c2ccc(-c3ccccc3)cc2c1=O. The number of aromatic nitrogens is 1. The molecule has 23 heavy (non-hydrogen) atoms. The van der Waals surface area contributed by atoms with E-state index in [1.165, 1.54) is 6.20 Å². The van der Waals surface area contributed by atoms with Crippen LogP contribution < -0.4 is 5.43 Å². The Kier molecular flexibility index (Phi) is 3.95. The van der Waals surface area contributed by atoms with Gasteiger partial charge >= 0.3 is 5.97 Å². The number of hydrogen-bond donors (Lipinski definition) is 2. The first kappa shape index (κ1) is 15.0. The summed E-state index contributed by atoms with van der Waals surface area (Å²) in [6, 6.07) is 14.9. The second-order valence-corrected chi connectivity index (χ2v) is 5.19. The van der Waals surface area contributed by atoms with Gasteiger partial charge in [-0.15, -0.1) is 0 Å². The van der Waals surface area contributed by atoms with Gasteiger partial charge in [-0.1, -0.05) is 36.4 Å². The van der Waals surface area contributed by atoms with Gasteiger partial charge < -0.3 is 14.8 Å². The number of carboxylic acid groups (broad SMARTS) is 1. The molecule has 2 aromatic carbocycles. The molecule has 0 atom stereocenters. The fourth-order valence-electron chi connectivity index (χ4n) is 2.65. The Hall–Kier alpha value is -2.92. The standard InChI is InChI=1S/C18H15NO4/c20-9-8-19-11-15(18(22)23)17(21)14-10-13(6-7-16(14)19)12-4-2-1-3-5-12/h1-7,10-11,20H,8-9H2,(H,22,23). The van der Waals surface area contributed by atoms with Crippen LogP contribution in [0.15, 0.2) is 59.5 Å². The lowest BCUT2D eigenvalue weighted by molar-refractivity contribution is 0.0694. The highest BCUT2D eigenvalue weighted by atomic mass is 16.4. The Morgan fingerprint density at radius 1 is 1.04 bits per heavy atom. The molecule has 0 radical (unpaired) electrons. The molecule has 3 rings (SSSR count). The van der Waals surface area contributed by atoms with Crippen molar-refractivity contribution in [2.24, 2.45) is 0 Å². The highest BCUT2D eigenvalue weighted by Crippen LogP contribution is 2.23. The van der Waals surface area contributed by atoms with Gasteiger partial charge in [0.25, 0.3) is 0 Å². The molecule has 0 aliphatic rings.